The Kier molecular flexibility index (Phi) is 4.83. The minimum atomic E-state index is -4.50. The summed E-state index contributed by atoms with van der Waals surface area (Å²) in [5, 5.41) is 0. The molecule has 9 heteroatoms. The van der Waals surface area contributed by atoms with E-state index in [-0.39, 0.29) is 17.2 Å². The first kappa shape index (κ1) is 17.8. The van der Waals surface area contributed by atoms with E-state index in [4.69, 9.17) is 0 Å². The maximum atomic E-state index is 13.7. The van der Waals surface area contributed by atoms with Crippen molar-refractivity contribution in [3.05, 3.63) is 59.4 Å². The first-order valence-corrected chi connectivity index (χ1v) is 8.10. The van der Waals surface area contributed by atoms with Gasteiger partial charge >= 0.3 is 0 Å². The van der Waals surface area contributed by atoms with Crippen molar-refractivity contribution in [3.63, 3.8) is 0 Å². The van der Waals surface area contributed by atoms with E-state index in [2.05, 4.69) is 0 Å². The lowest BCUT2D eigenvalue weighted by Crippen LogP contribution is -2.22. The number of hydrogen-bond acceptors (Lipinski definition) is 3. The lowest BCUT2D eigenvalue weighted by Gasteiger charge is -2.13. The van der Waals surface area contributed by atoms with E-state index in [0.717, 1.165) is 0 Å². The van der Waals surface area contributed by atoms with Gasteiger partial charge < -0.3 is 4.90 Å². The van der Waals surface area contributed by atoms with E-state index in [0.29, 0.717) is 12.1 Å². The van der Waals surface area contributed by atoms with Gasteiger partial charge in [0, 0.05) is 25.3 Å². The minimum Gasteiger partial charge on any atom is -0.345 e. The molecule has 0 saturated carbocycles. The normalized spacial score (nSPS) is 11.2. The summed E-state index contributed by atoms with van der Waals surface area (Å²) in [5.74, 6) is -5.56. The highest BCUT2D eigenvalue weighted by atomic mass is 32.2. The highest BCUT2D eigenvalue weighted by Gasteiger charge is 2.24. The molecular weight excluding hydrogens is 345 g/mol. The van der Waals surface area contributed by atoms with Crippen LogP contribution in [0.25, 0.3) is 0 Å². The van der Waals surface area contributed by atoms with Crippen LogP contribution in [0.15, 0.2) is 41.3 Å². The standard InChI is InChI=1S/C15H13F3N2O3S/c1-20(2)15(21)9-4-3-5-10(8-9)19-24(22,23)12-7-6-11(16)13(17)14(12)18/h3-8,19H,1-2H3. The minimum absolute atomic E-state index is 0.0215. The molecule has 0 radical (unpaired) electrons. The fourth-order valence-corrected chi connectivity index (χ4v) is 3.02. The van der Waals surface area contributed by atoms with Crippen molar-refractivity contribution in [2.24, 2.45) is 0 Å². The number of halogens is 3. The van der Waals surface area contributed by atoms with Gasteiger partial charge in [-0.1, -0.05) is 6.07 Å². The molecular formula is C15H13F3N2O3S. The van der Waals surface area contributed by atoms with Crippen molar-refractivity contribution in [2.45, 2.75) is 4.90 Å². The molecule has 0 aliphatic heterocycles. The van der Waals surface area contributed by atoms with Gasteiger partial charge in [-0.2, -0.15) is 0 Å². The topological polar surface area (TPSA) is 66.5 Å². The molecule has 0 unspecified atom stereocenters. The van der Waals surface area contributed by atoms with Crippen molar-refractivity contribution in [1.82, 2.24) is 4.90 Å². The number of nitrogens with one attached hydrogen (secondary N) is 1. The van der Waals surface area contributed by atoms with Crippen LogP contribution >= 0.6 is 0 Å². The monoisotopic (exact) mass is 358 g/mol. The molecule has 0 saturated heterocycles. The van der Waals surface area contributed by atoms with E-state index in [1.54, 1.807) is 0 Å². The predicted octanol–water partition coefficient (Wildman–Crippen LogP) is 2.61. The lowest BCUT2D eigenvalue weighted by atomic mass is 10.2. The van der Waals surface area contributed by atoms with E-state index in [1.165, 1.54) is 43.3 Å². The molecule has 24 heavy (non-hydrogen) atoms. The second-order valence-electron chi connectivity index (χ2n) is 5.06. The van der Waals surface area contributed by atoms with Crippen molar-refractivity contribution < 1.29 is 26.4 Å². The molecule has 0 aliphatic rings. The average Bonchev–Trinajstić information content (AvgIpc) is 2.51. The van der Waals surface area contributed by atoms with Crippen LogP contribution in [0.3, 0.4) is 0 Å². The molecule has 0 spiro atoms. The summed E-state index contributed by atoms with van der Waals surface area (Å²) < 4.78 is 66.2. The van der Waals surface area contributed by atoms with E-state index >= 15 is 0 Å². The van der Waals surface area contributed by atoms with Crippen molar-refractivity contribution in [1.29, 1.82) is 0 Å². The van der Waals surface area contributed by atoms with Crippen LogP contribution in [0, 0.1) is 17.5 Å². The number of anilines is 1. The molecule has 1 N–H and O–H groups in total. The van der Waals surface area contributed by atoms with Gasteiger partial charge in [-0.25, -0.2) is 21.6 Å². The van der Waals surface area contributed by atoms with E-state index in [1.807, 2.05) is 4.72 Å². The Morgan fingerprint density at radius 2 is 1.71 bits per heavy atom. The lowest BCUT2D eigenvalue weighted by molar-refractivity contribution is 0.0827. The Morgan fingerprint density at radius 1 is 1.04 bits per heavy atom. The smallest absolute Gasteiger partial charge is 0.264 e. The summed E-state index contributed by atoms with van der Waals surface area (Å²) in [6.45, 7) is 0. The van der Waals surface area contributed by atoms with Gasteiger partial charge in [0.25, 0.3) is 15.9 Å². The number of sulfonamides is 1. The summed E-state index contributed by atoms with van der Waals surface area (Å²) in [6.07, 6.45) is 0. The number of hydrogen-bond donors (Lipinski definition) is 1. The Balaban J connectivity index is 2.39. The SMILES string of the molecule is CN(C)C(=O)c1cccc(NS(=O)(=O)c2ccc(F)c(F)c2F)c1. The van der Waals surface area contributed by atoms with Crippen molar-refractivity contribution >= 4 is 21.6 Å². The zero-order chi connectivity index (χ0) is 18.1. The maximum Gasteiger partial charge on any atom is 0.264 e. The van der Waals surface area contributed by atoms with Gasteiger partial charge in [0.2, 0.25) is 0 Å². The highest BCUT2D eigenvalue weighted by molar-refractivity contribution is 7.92. The number of carbonyl (C=O) groups is 1. The van der Waals surface area contributed by atoms with Gasteiger partial charge in [-0.15, -0.1) is 0 Å². The molecule has 0 aliphatic carbocycles. The molecule has 5 nitrogen and oxygen atoms in total. The molecule has 0 heterocycles. The summed E-state index contributed by atoms with van der Waals surface area (Å²) in [6, 6.07) is 6.61. The third-order valence-electron chi connectivity index (χ3n) is 3.06. The highest BCUT2D eigenvalue weighted by Crippen LogP contribution is 2.23. The fraction of sp³-hybridized carbons (Fsp3) is 0.133. The first-order valence-electron chi connectivity index (χ1n) is 6.61. The molecule has 0 atom stereocenters. The first-order chi connectivity index (χ1) is 11.1. The number of carbonyl (C=O) groups excluding carboxylic acids is 1. The summed E-state index contributed by atoms with van der Waals surface area (Å²) >= 11 is 0. The Morgan fingerprint density at radius 3 is 2.33 bits per heavy atom. The second-order valence-corrected chi connectivity index (χ2v) is 6.71. The van der Waals surface area contributed by atoms with Crippen molar-refractivity contribution in [3.8, 4) is 0 Å². The molecule has 2 aromatic rings. The summed E-state index contributed by atoms with van der Waals surface area (Å²) in [4.78, 5) is 12.1. The molecule has 1 amide bonds. The van der Waals surface area contributed by atoms with Gasteiger partial charge in [0.15, 0.2) is 17.5 Å². The fourth-order valence-electron chi connectivity index (χ4n) is 1.90. The van der Waals surface area contributed by atoms with Crippen LogP contribution in [0.5, 0.6) is 0 Å². The Labute approximate surface area is 136 Å². The number of nitrogens with zero attached hydrogens (tertiary/aromatic N) is 1. The van der Waals surface area contributed by atoms with E-state index in [9.17, 15) is 26.4 Å². The zero-order valence-electron chi connectivity index (χ0n) is 12.7. The molecule has 128 valence electrons. The quantitative estimate of drug-likeness (QED) is 0.855. The maximum absolute atomic E-state index is 13.7. The van der Waals surface area contributed by atoms with Gasteiger partial charge in [-0.05, 0) is 30.3 Å². The third-order valence-corrected chi connectivity index (χ3v) is 4.46. The van der Waals surface area contributed by atoms with Crippen LogP contribution in [-0.4, -0.2) is 33.3 Å². The van der Waals surface area contributed by atoms with Crippen LogP contribution in [0.4, 0.5) is 18.9 Å². The average molecular weight is 358 g/mol. The summed E-state index contributed by atoms with van der Waals surface area (Å²) in [7, 11) is -1.46. The molecule has 0 fully saturated rings. The Bertz CT molecular complexity index is 899. The van der Waals surface area contributed by atoms with Crippen molar-refractivity contribution in [2.75, 3.05) is 18.8 Å². The molecule has 2 rings (SSSR count). The molecule has 0 aromatic heterocycles. The third kappa shape index (κ3) is 3.51. The van der Waals surface area contributed by atoms with Gasteiger partial charge in [0.1, 0.15) is 4.90 Å². The zero-order valence-corrected chi connectivity index (χ0v) is 13.5. The molecule has 0 bridgehead atoms. The summed E-state index contributed by atoms with van der Waals surface area (Å²) in [5.41, 5.74) is 0.179. The number of amides is 1. The Hall–Kier alpha value is -2.55. The second kappa shape index (κ2) is 6.52. The predicted molar refractivity (Wildman–Crippen MR) is 81.6 cm³/mol. The number of rotatable bonds is 4. The largest absolute Gasteiger partial charge is 0.345 e. The molecule has 2 aromatic carbocycles. The van der Waals surface area contributed by atoms with Crippen LogP contribution < -0.4 is 4.72 Å². The van der Waals surface area contributed by atoms with Crippen LogP contribution in [-0.2, 0) is 10.0 Å². The van der Waals surface area contributed by atoms with Crippen LogP contribution in [0.2, 0.25) is 0 Å². The van der Waals surface area contributed by atoms with Gasteiger partial charge in [-0.3, -0.25) is 9.52 Å². The van der Waals surface area contributed by atoms with Gasteiger partial charge in [0.05, 0.1) is 0 Å². The van der Waals surface area contributed by atoms with E-state index < -0.39 is 32.4 Å². The number of benzene rings is 2. The van der Waals surface area contributed by atoms with Crippen LogP contribution in [0.1, 0.15) is 10.4 Å².